The third-order valence-corrected chi connectivity index (χ3v) is 5.80. The molecule has 0 spiro atoms. The molecule has 4 aromatic rings. The van der Waals surface area contributed by atoms with Crippen LogP contribution in [0.15, 0.2) is 59.4 Å². The monoisotopic (exact) mass is 467 g/mol. The quantitative estimate of drug-likeness (QED) is 0.315. The average Bonchev–Trinajstić information content (AvgIpc) is 2.78. The van der Waals surface area contributed by atoms with E-state index in [1.165, 1.54) is 18.2 Å². The first-order valence-electron chi connectivity index (χ1n) is 9.72. The second kappa shape index (κ2) is 8.57. The molecule has 0 aliphatic rings. The van der Waals surface area contributed by atoms with E-state index in [9.17, 15) is 14.7 Å². The Morgan fingerprint density at radius 1 is 1.06 bits per heavy atom. The molecule has 0 atom stereocenters. The summed E-state index contributed by atoms with van der Waals surface area (Å²) in [6.45, 7) is 2.35. The van der Waals surface area contributed by atoms with Crippen LogP contribution in [0.3, 0.4) is 0 Å². The highest BCUT2D eigenvalue weighted by atomic mass is 35.5. The summed E-state index contributed by atoms with van der Waals surface area (Å²) in [7, 11) is 0. The number of aromatic hydroxyl groups is 1. The molecule has 32 heavy (non-hydrogen) atoms. The number of carbonyl (C=O) groups excluding carboxylic acids is 1. The van der Waals surface area contributed by atoms with E-state index in [2.05, 4.69) is 10.3 Å². The highest BCUT2D eigenvalue weighted by Gasteiger charge is 2.17. The highest BCUT2D eigenvalue weighted by Crippen LogP contribution is 2.35. The van der Waals surface area contributed by atoms with E-state index in [1.54, 1.807) is 12.1 Å². The molecule has 0 aliphatic carbocycles. The van der Waals surface area contributed by atoms with Gasteiger partial charge in [-0.1, -0.05) is 53.0 Å². The van der Waals surface area contributed by atoms with Crippen LogP contribution in [0.2, 0.25) is 10.0 Å². The molecule has 8 heteroatoms. The van der Waals surface area contributed by atoms with Crippen LogP contribution in [-0.4, -0.2) is 16.0 Å². The first-order chi connectivity index (χ1) is 15.2. The summed E-state index contributed by atoms with van der Waals surface area (Å²) in [6.07, 6.45) is 0. The van der Waals surface area contributed by atoms with Crippen LogP contribution < -0.4 is 16.5 Å². The molecule has 1 heterocycles. The molecular weight excluding hydrogens is 449 g/mol. The van der Waals surface area contributed by atoms with E-state index in [-0.39, 0.29) is 32.7 Å². The van der Waals surface area contributed by atoms with Gasteiger partial charge in [-0.3, -0.25) is 9.59 Å². The smallest absolute Gasteiger partial charge is 0.251 e. The summed E-state index contributed by atoms with van der Waals surface area (Å²) < 4.78 is 0. The fourth-order valence-electron chi connectivity index (χ4n) is 3.35. The van der Waals surface area contributed by atoms with Gasteiger partial charge in [-0.15, -0.1) is 0 Å². The van der Waals surface area contributed by atoms with E-state index >= 15 is 0 Å². The predicted molar refractivity (Wildman–Crippen MR) is 128 cm³/mol. The average molecular weight is 468 g/mol. The van der Waals surface area contributed by atoms with Crippen molar-refractivity contribution in [2.45, 2.75) is 13.5 Å². The Balaban J connectivity index is 1.67. The van der Waals surface area contributed by atoms with Gasteiger partial charge < -0.3 is 21.1 Å². The second-order valence-corrected chi connectivity index (χ2v) is 8.27. The first kappa shape index (κ1) is 21.7. The van der Waals surface area contributed by atoms with E-state index in [1.807, 2.05) is 31.2 Å². The number of anilines is 1. The molecule has 0 saturated carbocycles. The maximum Gasteiger partial charge on any atom is 0.251 e. The number of hydrogen-bond donors (Lipinski definition) is 4. The molecule has 0 aliphatic heterocycles. The number of nitrogen functional groups attached to an aromatic ring is 1. The van der Waals surface area contributed by atoms with Gasteiger partial charge in [0.15, 0.2) is 5.75 Å². The number of benzene rings is 3. The lowest BCUT2D eigenvalue weighted by molar-refractivity contribution is 0.0951. The van der Waals surface area contributed by atoms with Crippen molar-refractivity contribution in [1.29, 1.82) is 0 Å². The number of hydrogen-bond acceptors (Lipinski definition) is 4. The summed E-state index contributed by atoms with van der Waals surface area (Å²) in [6, 6.07) is 15.5. The molecule has 5 N–H and O–H groups in total. The van der Waals surface area contributed by atoms with Crippen LogP contribution in [0.5, 0.6) is 5.75 Å². The Kier molecular flexibility index (Phi) is 5.82. The van der Waals surface area contributed by atoms with Gasteiger partial charge >= 0.3 is 0 Å². The minimum absolute atomic E-state index is 0.155. The molecule has 1 amide bonds. The number of aromatic amines is 1. The van der Waals surface area contributed by atoms with Crippen molar-refractivity contribution in [3.63, 3.8) is 0 Å². The van der Waals surface area contributed by atoms with Crippen LogP contribution in [0, 0.1) is 6.92 Å². The first-order valence-corrected chi connectivity index (χ1v) is 10.5. The molecule has 0 unspecified atom stereocenters. The van der Waals surface area contributed by atoms with Gasteiger partial charge in [-0.05, 0) is 42.8 Å². The van der Waals surface area contributed by atoms with E-state index in [0.29, 0.717) is 23.2 Å². The molecule has 162 valence electrons. The minimum Gasteiger partial charge on any atom is -0.503 e. The molecule has 3 aromatic carbocycles. The van der Waals surface area contributed by atoms with Crippen LogP contribution in [0.25, 0.3) is 22.2 Å². The Labute approximate surface area is 193 Å². The SMILES string of the molecule is Cc1ccc(CNC(=O)c2ccc3[nH]c(-c4cc(Cl)c(N)c(Cl)c4)c(O)c(=O)c3c2)cc1. The van der Waals surface area contributed by atoms with Crippen molar-refractivity contribution < 1.29 is 9.90 Å². The molecule has 0 bridgehead atoms. The lowest BCUT2D eigenvalue weighted by atomic mass is 10.1. The standard InChI is InChI=1S/C24H19Cl2N3O3/c1-12-2-4-13(5-3-12)11-28-24(32)14-6-7-19-16(8-14)22(30)23(31)21(29-19)15-9-17(25)20(27)18(26)10-15/h2-10,31H,11,27H2,1H3,(H,28,32)(H,29,30). The summed E-state index contributed by atoms with van der Waals surface area (Å²) in [4.78, 5) is 28.5. The highest BCUT2D eigenvalue weighted by molar-refractivity contribution is 6.39. The Morgan fingerprint density at radius 2 is 1.72 bits per heavy atom. The number of pyridine rings is 1. The van der Waals surface area contributed by atoms with Gasteiger partial charge in [-0.25, -0.2) is 0 Å². The summed E-state index contributed by atoms with van der Waals surface area (Å²) in [5, 5.41) is 14.0. The van der Waals surface area contributed by atoms with Gasteiger partial charge in [0.2, 0.25) is 5.43 Å². The predicted octanol–water partition coefficient (Wildman–Crippen LogP) is 5.03. The minimum atomic E-state index is -0.619. The number of H-pyrrole nitrogens is 1. The molecule has 4 rings (SSSR count). The normalized spacial score (nSPS) is 11.0. The number of carbonyl (C=O) groups is 1. The summed E-state index contributed by atoms with van der Waals surface area (Å²) in [5.41, 5.74) is 8.77. The maximum absolute atomic E-state index is 12.9. The van der Waals surface area contributed by atoms with Gasteiger partial charge in [0.1, 0.15) is 0 Å². The number of nitrogens with one attached hydrogen (secondary N) is 2. The van der Waals surface area contributed by atoms with Crippen molar-refractivity contribution in [2.24, 2.45) is 0 Å². The van der Waals surface area contributed by atoms with Crippen molar-refractivity contribution in [1.82, 2.24) is 10.3 Å². The molecule has 0 radical (unpaired) electrons. The fraction of sp³-hybridized carbons (Fsp3) is 0.0833. The zero-order valence-corrected chi connectivity index (χ0v) is 18.5. The third kappa shape index (κ3) is 4.15. The zero-order chi connectivity index (χ0) is 23.0. The number of rotatable bonds is 4. The number of amides is 1. The van der Waals surface area contributed by atoms with Crippen molar-refractivity contribution >= 4 is 45.7 Å². The lowest BCUT2D eigenvalue weighted by Crippen LogP contribution is -2.23. The Morgan fingerprint density at radius 3 is 2.38 bits per heavy atom. The van der Waals surface area contributed by atoms with E-state index in [0.717, 1.165) is 11.1 Å². The number of aryl methyl sites for hydroxylation is 1. The molecule has 6 nitrogen and oxygen atoms in total. The Bertz CT molecular complexity index is 1390. The number of aromatic nitrogens is 1. The Hall–Kier alpha value is -3.48. The zero-order valence-electron chi connectivity index (χ0n) is 17.0. The maximum atomic E-state index is 12.9. The molecule has 0 saturated heterocycles. The lowest BCUT2D eigenvalue weighted by Gasteiger charge is -2.11. The van der Waals surface area contributed by atoms with Crippen LogP contribution in [0.4, 0.5) is 5.69 Å². The molecule has 0 fully saturated rings. The van der Waals surface area contributed by atoms with Crippen molar-refractivity contribution in [3.8, 4) is 17.0 Å². The van der Waals surface area contributed by atoms with Gasteiger partial charge in [-0.2, -0.15) is 0 Å². The van der Waals surface area contributed by atoms with E-state index in [4.69, 9.17) is 28.9 Å². The van der Waals surface area contributed by atoms with Gasteiger partial charge in [0.05, 0.1) is 32.3 Å². The van der Waals surface area contributed by atoms with E-state index < -0.39 is 11.2 Å². The number of fused-ring (bicyclic) bond motifs is 1. The second-order valence-electron chi connectivity index (χ2n) is 7.46. The fourth-order valence-corrected chi connectivity index (χ4v) is 3.83. The third-order valence-electron chi connectivity index (χ3n) is 5.18. The largest absolute Gasteiger partial charge is 0.503 e. The number of halogens is 2. The van der Waals surface area contributed by atoms with Gasteiger partial charge in [0.25, 0.3) is 5.91 Å². The van der Waals surface area contributed by atoms with Crippen molar-refractivity contribution in [2.75, 3.05) is 5.73 Å². The topological polar surface area (TPSA) is 108 Å². The summed E-state index contributed by atoms with van der Waals surface area (Å²) >= 11 is 12.2. The van der Waals surface area contributed by atoms with Gasteiger partial charge in [0, 0.05) is 17.7 Å². The number of nitrogens with two attached hydrogens (primary N) is 1. The summed E-state index contributed by atoms with van der Waals surface area (Å²) in [5.74, 6) is -0.834. The van der Waals surface area contributed by atoms with Crippen molar-refractivity contribution in [3.05, 3.63) is 91.6 Å². The molecule has 1 aromatic heterocycles. The van der Waals surface area contributed by atoms with Crippen LogP contribution in [-0.2, 0) is 6.54 Å². The molecular formula is C24H19Cl2N3O3. The van der Waals surface area contributed by atoms with Crippen LogP contribution in [0.1, 0.15) is 21.5 Å². The van der Waals surface area contributed by atoms with Crippen LogP contribution >= 0.6 is 23.2 Å².